The second-order valence-electron chi connectivity index (χ2n) is 5.45. The van der Waals surface area contributed by atoms with Crippen molar-refractivity contribution in [3.8, 4) is 0 Å². The zero-order valence-electron chi connectivity index (χ0n) is 11.8. The van der Waals surface area contributed by atoms with Crippen molar-refractivity contribution in [1.82, 2.24) is 0 Å². The van der Waals surface area contributed by atoms with Gasteiger partial charge in [-0.3, -0.25) is 4.79 Å². The molecule has 110 valence electrons. The smallest absolute Gasteiger partial charge is 0.169 e. The number of carbonyl (C=O) groups is 1. The predicted molar refractivity (Wildman–Crippen MR) is 80.3 cm³/mol. The van der Waals surface area contributed by atoms with Crippen LogP contribution < -0.4 is 0 Å². The lowest BCUT2D eigenvalue weighted by Gasteiger charge is -2.30. The van der Waals surface area contributed by atoms with Crippen molar-refractivity contribution in [2.75, 3.05) is 7.11 Å². The number of carbonyl (C=O) groups excluding carboxylic acids is 1. The number of ether oxygens (including phenoxy) is 1. The van der Waals surface area contributed by atoms with E-state index in [2.05, 4.69) is 15.9 Å². The topological polar surface area (TPSA) is 26.3 Å². The van der Waals surface area contributed by atoms with E-state index in [0.717, 1.165) is 43.0 Å². The Bertz CT molecular complexity index is 479. The largest absolute Gasteiger partial charge is 0.370 e. The molecule has 0 saturated heterocycles. The first kappa shape index (κ1) is 15.6. The van der Waals surface area contributed by atoms with Gasteiger partial charge in [0.2, 0.25) is 0 Å². The third-order valence-electron chi connectivity index (χ3n) is 4.17. The summed E-state index contributed by atoms with van der Waals surface area (Å²) in [4.78, 5) is 12.6. The van der Waals surface area contributed by atoms with Crippen molar-refractivity contribution in [2.45, 2.75) is 50.5 Å². The van der Waals surface area contributed by atoms with Crippen molar-refractivity contribution in [3.63, 3.8) is 0 Å². The third-order valence-corrected chi connectivity index (χ3v) is 4.66. The maximum absolute atomic E-state index is 13.8. The maximum atomic E-state index is 13.8. The molecule has 1 saturated carbocycles. The molecular formula is C16H20BrFO2. The minimum absolute atomic E-state index is 0.00102. The Morgan fingerprint density at radius 1 is 1.30 bits per heavy atom. The first-order valence-electron chi connectivity index (χ1n) is 7.10. The summed E-state index contributed by atoms with van der Waals surface area (Å²) in [6, 6.07) is 4.70. The van der Waals surface area contributed by atoms with Gasteiger partial charge in [0.25, 0.3) is 0 Å². The van der Waals surface area contributed by atoms with E-state index in [9.17, 15) is 9.18 Å². The SMILES string of the molecule is COC1(C(=O)Cc2cc(Br)ccc2F)CCCCCC1. The molecule has 0 radical (unpaired) electrons. The molecule has 0 bridgehead atoms. The van der Waals surface area contributed by atoms with Gasteiger partial charge in [-0.05, 0) is 36.6 Å². The molecule has 1 aliphatic rings. The van der Waals surface area contributed by atoms with Gasteiger partial charge >= 0.3 is 0 Å². The van der Waals surface area contributed by atoms with Gasteiger partial charge in [-0.1, -0.05) is 41.6 Å². The number of Topliss-reactive ketones (excluding diaryl/α,β-unsaturated/α-hetero) is 1. The lowest BCUT2D eigenvalue weighted by molar-refractivity contribution is -0.142. The molecule has 4 heteroatoms. The normalized spacial score (nSPS) is 18.6. The summed E-state index contributed by atoms with van der Waals surface area (Å²) < 4.78 is 20.2. The fourth-order valence-corrected chi connectivity index (χ4v) is 3.32. The Morgan fingerprint density at radius 3 is 2.55 bits per heavy atom. The van der Waals surface area contributed by atoms with Crippen molar-refractivity contribution in [2.24, 2.45) is 0 Å². The Kier molecular flexibility index (Phi) is 5.33. The molecule has 0 unspecified atom stereocenters. The van der Waals surface area contributed by atoms with Crippen molar-refractivity contribution in [1.29, 1.82) is 0 Å². The summed E-state index contributed by atoms with van der Waals surface area (Å²) >= 11 is 3.32. The molecule has 2 rings (SSSR count). The Morgan fingerprint density at radius 2 is 1.95 bits per heavy atom. The third kappa shape index (κ3) is 3.47. The quantitative estimate of drug-likeness (QED) is 0.756. The Labute approximate surface area is 127 Å². The zero-order valence-corrected chi connectivity index (χ0v) is 13.3. The number of benzene rings is 1. The molecule has 0 N–H and O–H groups in total. The highest BCUT2D eigenvalue weighted by Crippen LogP contribution is 2.32. The highest BCUT2D eigenvalue weighted by atomic mass is 79.9. The monoisotopic (exact) mass is 342 g/mol. The first-order valence-corrected chi connectivity index (χ1v) is 7.89. The molecule has 0 atom stereocenters. The van der Waals surface area contributed by atoms with Gasteiger partial charge in [0.1, 0.15) is 11.4 Å². The lowest BCUT2D eigenvalue weighted by Crippen LogP contribution is -2.41. The second-order valence-corrected chi connectivity index (χ2v) is 6.36. The minimum atomic E-state index is -0.717. The molecule has 2 nitrogen and oxygen atoms in total. The van der Waals surface area contributed by atoms with Gasteiger partial charge in [0.05, 0.1) is 0 Å². The number of hydrogen-bond acceptors (Lipinski definition) is 2. The summed E-state index contributed by atoms with van der Waals surface area (Å²) in [5.41, 5.74) is -0.282. The van der Waals surface area contributed by atoms with Crippen LogP contribution in [0.3, 0.4) is 0 Å². The van der Waals surface area contributed by atoms with Gasteiger partial charge in [-0.2, -0.15) is 0 Å². The van der Waals surface area contributed by atoms with Crippen LogP contribution in [0.5, 0.6) is 0 Å². The number of hydrogen-bond donors (Lipinski definition) is 0. The van der Waals surface area contributed by atoms with E-state index in [-0.39, 0.29) is 18.0 Å². The molecule has 0 aromatic heterocycles. The number of halogens is 2. The Balaban J connectivity index is 2.18. The van der Waals surface area contributed by atoms with E-state index in [0.29, 0.717) is 5.56 Å². The molecule has 1 fully saturated rings. The predicted octanol–water partition coefficient (Wildman–Crippen LogP) is 4.44. The van der Waals surface area contributed by atoms with Crippen LogP contribution in [0.2, 0.25) is 0 Å². The van der Waals surface area contributed by atoms with Crippen LogP contribution in [-0.2, 0) is 16.0 Å². The highest BCUT2D eigenvalue weighted by molar-refractivity contribution is 9.10. The van der Waals surface area contributed by atoms with Crippen LogP contribution in [0.25, 0.3) is 0 Å². The van der Waals surface area contributed by atoms with Crippen LogP contribution in [0.15, 0.2) is 22.7 Å². The molecule has 0 aliphatic heterocycles. The van der Waals surface area contributed by atoms with E-state index >= 15 is 0 Å². The second kappa shape index (κ2) is 6.81. The molecule has 20 heavy (non-hydrogen) atoms. The molecule has 1 aromatic carbocycles. The van der Waals surface area contributed by atoms with E-state index in [1.54, 1.807) is 19.2 Å². The van der Waals surface area contributed by atoms with Crippen molar-refractivity contribution in [3.05, 3.63) is 34.1 Å². The van der Waals surface area contributed by atoms with E-state index < -0.39 is 5.60 Å². The molecular weight excluding hydrogens is 323 g/mol. The summed E-state index contributed by atoms with van der Waals surface area (Å²) in [5.74, 6) is -0.333. The first-order chi connectivity index (χ1) is 9.57. The minimum Gasteiger partial charge on any atom is -0.370 e. The van der Waals surface area contributed by atoms with Crippen LogP contribution in [0.1, 0.15) is 44.1 Å². The molecule has 0 amide bonds. The van der Waals surface area contributed by atoms with Crippen molar-refractivity contribution >= 4 is 21.7 Å². The van der Waals surface area contributed by atoms with Gasteiger partial charge in [-0.15, -0.1) is 0 Å². The van der Waals surface area contributed by atoms with E-state index in [4.69, 9.17) is 4.74 Å². The number of ketones is 1. The fraction of sp³-hybridized carbons (Fsp3) is 0.562. The van der Waals surface area contributed by atoms with Crippen LogP contribution in [-0.4, -0.2) is 18.5 Å². The van der Waals surface area contributed by atoms with Gasteiger partial charge in [0.15, 0.2) is 5.78 Å². The highest BCUT2D eigenvalue weighted by Gasteiger charge is 2.38. The summed E-state index contributed by atoms with van der Waals surface area (Å²) in [6.45, 7) is 0. The van der Waals surface area contributed by atoms with Crippen LogP contribution in [0, 0.1) is 5.82 Å². The van der Waals surface area contributed by atoms with E-state index in [1.807, 2.05) is 0 Å². The molecule has 1 aliphatic carbocycles. The van der Waals surface area contributed by atoms with Gasteiger partial charge < -0.3 is 4.74 Å². The Hall–Kier alpha value is -0.740. The zero-order chi connectivity index (χ0) is 14.6. The standard InChI is InChI=1S/C16H20BrFO2/c1-20-16(8-4-2-3-5-9-16)15(19)11-12-10-13(17)6-7-14(12)18/h6-7,10H,2-5,8-9,11H2,1H3. The van der Waals surface area contributed by atoms with Gasteiger partial charge in [-0.25, -0.2) is 4.39 Å². The van der Waals surface area contributed by atoms with Crippen LogP contribution >= 0.6 is 15.9 Å². The van der Waals surface area contributed by atoms with Crippen LogP contribution in [0.4, 0.5) is 4.39 Å². The van der Waals surface area contributed by atoms with Crippen molar-refractivity contribution < 1.29 is 13.9 Å². The average Bonchev–Trinajstić information content (AvgIpc) is 2.69. The summed E-state index contributed by atoms with van der Waals surface area (Å²) in [5, 5.41) is 0. The maximum Gasteiger partial charge on any atom is 0.169 e. The van der Waals surface area contributed by atoms with Gasteiger partial charge in [0, 0.05) is 18.0 Å². The lowest BCUT2D eigenvalue weighted by atomic mass is 9.86. The fourth-order valence-electron chi connectivity index (χ4n) is 2.91. The molecule has 0 heterocycles. The number of rotatable bonds is 4. The van der Waals surface area contributed by atoms with E-state index in [1.165, 1.54) is 6.07 Å². The molecule has 1 aromatic rings. The molecule has 0 spiro atoms. The average molecular weight is 343 g/mol. The summed E-state index contributed by atoms with van der Waals surface area (Å²) in [7, 11) is 1.60. The number of methoxy groups -OCH3 is 1. The summed E-state index contributed by atoms with van der Waals surface area (Å²) in [6.07, 6.45) is 5.88.